The second-order valence-electron chi connectivity index (χ2n) is 2.66. The lowest BCUT2D eigenvalue weighted by Gasteiger charge is -2.10. The Balaban J connectivity index is 2.25. The first-order valence-electron chi connectivity index (χ1n) is 3.96. The van der Waals surface area contributed by atoms with E-state index >= 15 is 0 Å². The van der Waals surface area contributed by atoms with Gasteiger partial charge in [-0.05, 0) is 11.6 Å². The predicted molar refractivity (Wildman–Crippen MR) is 50.0 cm³/mol. The van der Waals surface area contributed by atoms with Gasteiger partial charge in [-0.3, -0.25) is 4.99 Å². The summed E-state index contributed by atoms with van der Waals surface area (Å²) in [6.45, 7) is 0. The average molecular weight is 158 g/mol. The molecule has 0 saturated heterocycles. The number of nitrogens with one attached hydrogen (secondary N) is 1. The Bertz CT molecular complexity index is 289. The molecule has 1 heterocycles. The summed E-state index contributed by atoms with van der Waals surface area (Å²) in [5.41, 5.74) is 1.23. The van der Waals surface area contributed by atoms with E-state index in [1.54, 1.807) is 6.34 Å². The maximum absolute atomic E-state index is 4.28. The minimum Gasteiger partial charge on any atom is -0.353 e. The first-order chi connectivity index (χ1) is 5.97. The Morgan fingerprint density at radius 3 is 2.67 bits per heavy atom. The van der Waals surface area contributed by atoms with Crippen LogP contribution in [0.2, 0.25) is 0 Å². The van der Waals surface area contributed by atoms with E-state index in [-0.39, 0.29) is 6.04 Å². The van der Waals surface area contributed by atoms with Crippen LogP contribution >= 0.6 is 0 Å². The maximum atomic E-state index is 4.28. The molecule has 1 N–H and O–H groups in total. The Labute approximate surface area is 71.6 Å². The van der Waals surface area contributed by atoms with Crippen LogP contribution in [-0.4, -0.2) is 6.34 Å². The van der Waals surface area contributed by atoms with Crippen LogP contribution in [0.1, 0.15) is 11.6 Å². The summed E-state index contributed by atoms with van der Waals surface area (Å²) in [5.74, 6) is 0. The van der Waals surface area contributed by atoms with E-state index in [0.29, 0.717) is 0 Å². The molecule has 0 spiro atoms. The highest BCUT2D eigenvalue weighted by atomic mass is 15.0. The molecule has 0 aliphatic carbocycles. The molecular formula is C10H10N2. The fourth-order valence-corrected chi connectivity index (χ4v) is 1.21. The first kappa shape index (κ1) is 7.10. The largest absolute Gasteiger partial charge is 0.353 e. The molecule has 60 valence electrons. The first-order valence-corrected chi connectivity index (χ1v) is 3.96. The van der Waals surface area contributed by atoms with Gasteiger partial charge in [-0.1, -0.05) is 30.3 Å². The predicted octanol–water partition coefficient (Wildman–Crippen LogP) is 1.87. The number of nitrogens with zero attached hydrogens (tertiary/aromatic N) is 1. The van der Waals surface area contributed by atoms with Gasteiger partial charge in [-0.25, -0.2) is 0 Å². The minimum absolute atomic E-state index is 0.187. The normalized spacial score (nSPS) is 20.5. The van der Waals surface area contributed by atoms with E-state index in [4.69, 9.17) is 0 Å². The number of hydrogen-bond acceptors (Lipinski definition) is 2. The van der Waals surface area contributed by atoms with Gasteiger partial charge in [0, 0.05) is 6.20 Å². The summed E-state index contributed by atoms with van der Waals surface area (Å²) in [5, 5.41) is 2.91. The van der Waals surface area contributed by atoms with E-state index in [2.05, 4.69) is 22.4 Å². The second-order valence-corrected chi connectivity index (χ2v) is 2.66. The molecular weight excluding hydrogens is 148 g/mol. The van der Waals surface area contributed by atoms with Crippen molar-refractivity contribution in [3.8, 4) is 0 Å². The highest BCUT2D eigenvalue weighted by Gasteiger charge is 2.05. The van der Waals surface area contributed by atoms with Crippen molar-refractivity contribution < 1.29 is 0 Å². The molecule has 0 amide bonds. The summed E-state index contributed by atoms with van der Waals surface area (Å²) >= 11 is 0. The molecule has 0 aromatic heterocycles. The van der Waals surface area contributed by atoms with Crippen molar-refractivity contribution in [1.29, 1.82) is 0 Å². The standard InChI is InChI=1S/C10H10N2/c1-2-4-9(5-3-1)10-6-7-11-8-12-10/h1-8,10H,(H,11,12). The second kappa shape index (κ2) is 3.22. The number of aliphatic imine (C=N–C) groups is 1. The maximum Gasteiger partial charge on any atom is 0.0964 e. The molecule has 2 rings (SSSR count). The number of hydrogen-bond donors (Lipinski definition) is 1. The van der Waals surface area contributed by atoms with Gasteiger partial charge in [0.1, 0.15) is 0 Å². The van der Waals surface area contributed by atoms with E-state index < -0.39 is 0 Å². The van der Waals surface area contributed by atoms with Crippen molar-refractivity contribution in [3.63, 3.8) is 0 Å². The molecule has 1 aliphatic heterocycles. The molecule has 0 fully saturated rings. The number of benzene rings is 1. The van der Waals surface area contributed by atoms with Crippen molar-refractivity contribution in [1.82, 2.24) is 5.32 Å². The van der Waals surface area contributed by atoms with Crippen LogP contribution in [-0.2, 0) is 0 Å². The quantitative estimate of drug-likeness (QED) is 0.663. The van der Waals surface area contributed by atoms with Gasteiger partial charge in [-0.2, -0.15) is 0 Å². The molecule has 1 unspecified atom stereocenters. The molecule has 1 atom stereocenters. The zero-order chi connectivity index (χ0) is 8.23. The molecule has 12 heavy (non-hydrogen) atoms. The lowest BCUT2D eigenvalue weighted by atomic mass is 10.1. The average Bonchev–Trinajstić information content (AvgIpc) is 2.21. The van der Waals surface area contributed by atoms with Crippen LogP contribution in [0, 0.1) is 0 Å². The van der Waals surface area contributed by atoms with Crippen LogP contribution in [0.25, 0.3) is 0 Å². The SMILES string of the molecule is C1=CC(c2ccccc2)N=CN1. The van der Waals surface area contributed by atoms with Crippen molar-refractivity contribution in [2.45, 2.75) is 6.04 Å². The van der Waals surface area contributed by atoms with Gasteiger partial charge in [0.15, 0.2) is 0 Å². The molecule has 0 bridgehead atoms. The Morgan fingerprint density at radius 1 is 1.17 bits per heavy atom. The smallest absolute Gasteiger partial charge is 0.0964 e. The zero-order valence-electron chi connectivity index (χ0n) is 6.64. The molecule has 2 heteroatoms. The minimum atomic E-state index is 0.187. The zero-order valence-corrected chi connectivity index (χ0v) is 6.64. The van der Waals surface area contributed by atoms with Crippen LogP contribution in [0.4, 0.5) is 0 Å². The van der Waals surface area contributed by atoms with E-state index in [9.17, 15) is 0 Å². The van der Waals surface area contributed by atoms with Crippen LogP contribution in [0.15, 0.2) is 47.6 Å². The third-order valence-electron chi connectivity index (χ3n) is 1.83. The summed E-state index contributed by atoms with van der Waals surface area (Å²) < 4.78 is 0. The summed E-state index contributed by atoms with van der Waals surface area (Å²) in [6.07, 6.45) is 5.66. The van der Waals surface area contributed by atoms with Gasteiger partial charge in [-0.15, -0.1) is 0 Å². The molecule has 0 radical (unpaired) electrons. The third kappa shape index (κ3) is 1.37. The van der Waals surface area contributed by atoms with Gasteiger partial charge in [0.2, 0.25) is 0 Å². The molecule has 1 aromatic carbocycles. The van der Waals surface area contributed by atoms with E-state index in [0.717, 1.165) is 0 Å². The lowest BCUT2D eigenvalue weighted by Crippen LogP contribution is -2.08. The van der Waals surface area contributed by atoms with E-state index in [1.165, 1.54) is 5.56 Å². The van der Waals surface area contributed by atoms with Crippen LogP contribution in [0.5, 0.6) is 0 Å². The van der Waals surface area contributed by atoms with Crippen molar-refractivity contribution in [3.05, 3.63) is 48.2 Å². The summed E-state index contributed by atoms with van der Waals surface area (Å²) in [4.78, 5) is 4.28. The molecule has 1 aliphatic rings. The van der Waals surface area contributed by atoms with Gasteiger partial charge < -0.3 is 5.32 Å². The molecule has 2 nitrogen and oxygen atoms in total. The fourth-order valence-electron chi connectivity index (χ4n) is 1.21. The highest BCUT2D eigenvalue weighted by Crippen LogP contribution is 2.18. The monoisotopic (exact) mass is 158 g/mol. The highest BCUT2D eigenvalue weighted by molar-refractivity contribution is 5.58. The van der Waals surface area contributed by atoms with Gasteiger partial charge in [0.25, 0.3) is 0 Å². The lowest BCUT2D eigenvalue weighted by molar-refractivity contribution is 0.884. The fraction of sp³-hybridized carbons (Fsp3) is 0.100. The van der Waals surface area contributed by atoms with Crippen LogP contribution in [0.3, 0.4) is 0 Å². The van der Waals surface area contributed by atoms with Crippen LogP contribution < -0.4 is 5.32 Å². The summed E-state index contributed by atoms with van der Waals surface area (Å²) in [7, 11) is 0. The Kier molecular flexibility index (Phi) is 1.90. The third-order valence-corrected chi connectivity index (χ3v) is 1.83. The number of rotatable bonds is 1. The Morgan fingerprint density at radius 2 is 2.00 bits per heavy atom. The molecule has 1 aromatic rings. The topological polar surface area (TPSA) is 24.4 Å². The van der Waals surface area contributed by atoms with Gasteiger partial charge in [0.05, 0.1) is 12.4 Å². The van der Waals surface area contributed by atoms with Crippen molar-refractivity contribution in [2.24, 2.45) is 4.99 Å². The van der Waals surface area contributed by atoms with Gasteiger partial charge >= 0.3 is 0 Å². The molecule has 0 saturated carbocycles. The van der Waals surface area contributed by atoms with Crippen molar-refractivity contribution >= 4 is 6.34 Å². The van der Waals surface area contributed by atoms with Crippen molar-refractivity contribution in [2.75, 3.05) is 0 Å². The summed E-state index contributed by atoms with van der Waals surface area (Å²) in [6, 6.07) is 10.4. The Hall–Kier alpha value is -1.57. The van der Waals surface area contributed by atoms with E-state index in [1.807, 2.05) is 30.5 Å².